The summed E-state index contributed by atoms with van der Waals surface area (Å²) in [4.78, 5) is 35.5. The third-order valence-corrected chi connectivity index (χ3v) is 2.96. The smallest absolute Gasteiger partial charge is 0.340 e. The Kier molecular flexibility index (Phi) is 6.87. The molecule has 0 aromatic heterocycles. The molecule has 0 bridgehead atoms. The maximum absolute atomic E-state index is 12.0. The predicted octanol–water partition coefficient (Wildman–Crippen LogP) is 1.67. The van der Waals surface area contributed by atoms with Gasteiger partial charge in [-0.3, -0.25) is 4.79 Å². The van der Waals surface area contributed by atoms with Crippen LogP contribution < -0.4 is 5.32 Å². The van der Waals surface area contributed by atoms with Gasteiger partial charge in [-0.05, 0) is 38.1 Å². The average molecular weight is 358 g/mol. The van der Waals surface area contributed by atoms with E-state index in [1.807, 2.05) is 0 Å². The van der Waals surface area contributed by atoms with Crippen molar-refractivity contribution in [3.05, 3.63) is 34.3 Å². The number of benzene rings is 1. The highest BCUT2D eigenvalue weighted by atomic mass is 79.9. The Balaban J connectivity index is 2.84. The van der Waals surface area contributed by atoms with Crippen molar-refractivity contribution in [3.63, 3.8) is 0 Å². The summed E-state index contributed by atoms with van der Waals surface area (Å²) in [7, 11) is 0. The van der Waals surface area contributed by atoms with Crippen molar-refractivity contribution < 1.29 is 23.9 Å². The molecular weight excluding hydrogens is 342 g/mol. The molecule has 0 radical (unpaired) electrons. The van der Waals surface area contributed by atoms with Crippen molar-refractivity contribution in [2.45, 2.75) is 19.9 Å². The number of hydrogen-bond acceptors (Lipinski definition) is 5. The van der Waals surface area contributed by atoms with Crippen LogP contribution in [0.25, 0.3) is 0 Å². The summed E-state index contributed by atoms with van der Waals surface area (Å²) in [6.07, 6.45) is 0. The van der Waals surface area contributed by atoms with Gasteiger partial charge in [0.15, 0.2) is 0 Å². The Hall–Kier alpha value is -1.89. The van der Waals surface area contributed by atoms with E-state index in [-0.39, 0.29) is 13.2 Å². The van der Waals surface area contributed by atoms with Gasteiger partial charge < -0.3 is 14.8 Å². The van der Waals surface area contributed by atoms with Gasteiger partial charge in [-0.2, -0.15) is 0 Å². The van der Waals surface area contributed by atoms with Crippen molar-refractivity contribution >= 4 is 33.8 Å². The van der Waals surface area contributed by atoms with Crippen LogP contribution in [-0.4, -0.2) is 37.1 Å². The fraction of sp³-hybridized carbons (Fsp3) is 0.357. The summed E-state index contributed by atoms with van der Waals surface area (Å²) in [5, 5.41) is 2.32. The van der Waals surface area contributed by atoms with Gasteiger partial charge in [0.2, 0.25) is 6.04 Å². The molecule has 0 atom stereocenters. The first-order chi connectivity index (χ1) is 9.99. The SMILES string of the molecule is CCOC(=O)C(NC(=O)c1ccc(Br)cc1)C(=O)OCC. The minimum atomic E-state index is -1.47. The fourth-order valence-corrected chi connectivity index (χ4v) is 1.75. The number of nitrogens with one attached hydrogen (secondary N) is 1. The lowest BCUT2D eigenvalue weighted by Crippen LogP contribution is -2.48. The number of hydrogen-bond donors (Lipinski definition) is 1. The van der Waals surface area contributed by atoms with Gasteiger partial charge in [-0.25, -0.2) is 9.59 Å². The van der Waals surface area contributed by atoms with Crippen LogP contribution in [0.5, 0.6) is 0 Å². The van der Waals surface area contributed by atoms with E-state index < -0.39 is 23.9 Å². The number of ether oxygens (including phenoxy) is 2. The third kappa shape index (κ3) is 5.18. The topological polar surface area (TPSA) is 81.7 Å². The van der Waals surface area contributed by atoms with Crippen LogP contribution in [0.2, 0.25) is 0 Å². The van der Waals surface area contributed by atoms with E-state index in [1.54, 1.807) is 38.1 Å². The first-order valence-corrected chi connectivity index (χ1v) is 7.18. The molecule has 0 saturated carbocycles. The summed E-state index contributed by atoms with van der Waals surface area (Å²) >= 11 is 3.25. The standard InChI is InChI=1S/C14H16BrNO5/c1-3-20-13(18)11(14(19)21-4-2)16-12(17)9-5-7-10(15)8-6-9/h5-8,11H,3-4H2,1-2H3,(H,16,17). The Labute approximate surface area is 130 Å². The highest BCUT2D eigenvalue weighted by Gasteiger charge is 2.31. The Morgan fingerprint density at radius 2 is 1.52 bits per heavy atom. The van der Waals surface area contributed by atoms with Crippen molar-refractivity contribution in [2.24, 2.45) is 0 Å². The molecule has 0 aliphatic heterocycles. The van der Waals surface area contributed by atoms with Gasteiger partial charge in [0.1, 0.15) is 0 Å². The van der Waals surface area contributed by atoms with E-state index in [0.29, 0.717) is 5.56 Å². The molecule has 114 valence electrons. The van der Waals surface area contributed by atoms with Crippen molar-refractivity contribution in [1.82, 2.24) is 5.32 Å². The van der Waals surface area contributed by atoms with Crippen LogP contribution in [0.3, 0.4) is 0 Å². The zero-order valence-electron chi connectivity index (χ0n) is 11.7. The van der Waals surface area contributed by atoms with Crippen molar-refractivity contribution in [1.29, 1.82) is 0 Å². The van der Waals surface area contributed by atoms with E-state index in [9.17, 15) is 14.4 Å². The van der Waals surface area contributed by atoms with Gasteiger partial charge in [0, 0.05) is 10.0 Å². The maximum Gasteiger partial charge on any atom is 0.340 e. The lowest BCUT2D eigenvalue weighted by atomic mass is 10.2. The lowest BCUT2D eigenvalue weighted by Gasteiger charge is -2.15. The predicted molar refractivity (Wildman–Crippen MR) is 78.7 cm³/mol. The van der Waals surface area contributed by atoms with Gasteiger partial charge in [0.25, 0.3) is 5.91 Å². The summed E-state index contributed by atoms with van der Waals surface area (Å²) in [6.45, 7) is 3.42. The monoisotopic (exact) mass is 357 g/mol. The highest BCUT2D eigenvalue weighted by molar-refractivity contribution is 9.10. The number of esters is 2. The lowest BCUT2D eigenvalue weighted by molar-refractivity contribution is -0.157. The molecule has 21 heavy (non-hydrogen) atoms. The van der Waals surface area contributed by atoms with Crippen LogP contribution >= 0.6 is 15.9 Å². The molecule has 1 amide bonds. The molecule has 1 aromatic rings. The maximum atomic E-state index is 12.0. The number of halogens is 1. The first kappa shape index (κ1) is 17.2. The molecule has 0 aliphatic rings. The molecule has 0 fully saturated rings. The van der Waals surface area contributed by atoms with E-state index in [4.69, 9.17) is 9.47 Å². The summed E-state index contributed by atoms with van der Waals surface area (Å²) in [5.41, 5.74) is 0.316. The van der Waals surface area contributed by atoms with Crippen LogP contribution in [0, 0.1) is 0 Å². The minimum Gasteiger partial charge on any atom is -0.464 e. The minimum absolute atomic E-state index is 0.100. The third-order valence-electron chi connectivity index (χ3n) is 2.43. The fourth-order valence-electron chi connectivity index (χ4n) is 1.48. The van der Waals surface area contributed by atoms with E-state index in [0.717, 1.165) is 4.47 Å². The average Bonchev–Trinajstić information content (AvgIpc) is 2.45. The Morgan fingerprint density at radius 1 is 1.05 bits per heavy atom. The van der Waals surface area contributed by atoms with E-state index in [2.05, 4.69) is 21.2 Å². The van der Waals surface area contributed by atoms with Crippen LogP contribution in [0.4, 0.5) is 0 Å². The quantitative estimate of drug-likeness (QED) is 0.618. The van der Waals surface area contributed by atoms with Gasteiger partial charge in [0.05, 0.1) is 13.2 Å². The van der Waals surface area contributed by atoms with Crippen molar-refractivity contribution in [2.75, 3.05) is 13.2 Å². The van der Waals surface area contributed by atoms with Gasteiger partial charge in [-0.15, -0.1) is 0 Å². The molecule has 6 nitrogen and oxygen atoms in total. The van der Waals surface area contributed by atoms with E-state index >= 15 is 0 Å². The second kappa shape index (κ2) is 8.41. The zero-order chi connectivity index (χ0) is 15.8. The van der Waals surface area contributed by atoms with Crippen molar-refractivity contribution in [3.8, 4) is 0 Å². The van der Waals surface area contributed by atoms with Crippen LogP contribution in [-0.2, 0) is 19.1 Å². The van der Waals surface area contributed by atoms with E-state index in [1.165, 1.54) is 0 Å². The molecule has 1 aromatic carbocycles. The molecule has 0 aliphatic carbocycles. The molecule has 0 unspecified atom stereocenters. The first-order valence-electron chi connectivity index (χ1n) is 6.39. The van der Waals surface area contributed by atoms with Gasteiger partial charge >= 0.3 is 11.9 Å². The summed E-state index contributed by atoms with van der Waals surface area (Å²) in [5.74, 6) is -2.25. The Morgan fingerprint density at radius 3 is 1.95 bits per heavy atom. The number of carbonyl (C=O) groups is 3. The zero-order valence-corrected chi connectivity index (χ0v) is 13.3. The molecule has 0 spiro atoms. The molecule has 1 rings (SSSR count). The molecule has 0 saturated heterocycles. The summed E-state index contributed by atoms with van der Waals surface area (Å²) < 4.78 is 10.3. The summed E-state index contributed by atoms with van der Waals surface area (Å²) in [6, 6.07) is 5.01. The number of amides is 1. The Bertz CT molecular complexity index is 497. The second-order valence-electron chi connectivity index (χ2n) is 3.92. The highest BCUT2D eigenvalue weighted by Crippen LogP contribution is 2.10. The second-order valence-corrected chi connectivity index (χ2v) is 4.83. The number of rotatable bonds is 6. The van der Waals surface area contributed by atoms with Gasteiger partial charge in [-0.1, -0.05) is 15.9 Å². The largest absolute Gasteiger partial charge is 0.464 e. The molecule has 7 heteroatoms. The number of carbonyl (C=O) groups excluding carboxylic acids is 3. The molecular formula is C14H16BrNO5. The van der Waals surface area contributed by atoms with Crippen LogP contribution in [0.1, 0.15) is 24.2 Å². The molecule has 1 N–H and O–H groups in total. The molecule has 0 heterocycles. The van der Waals surface area contributed by atoms with Crippen LogP contribution in [0.15, 0.2) is 28.7 Å². The normalized spacial score (nSPS) is 10.1.